The maximum absolute atomic E-state index is 11.4. The topological polar surface area (TPSA) is 61.4 Å². The van der Waals surface area contributed by atoms with Crippen molar-refractivity contribution < 1.29 is 9.90 Å². The summed E-state index contributed by atoms with van der Waals surface area (Å²) in [5.74, 6) is 0. The van der Waals surface area contributed by atoms with Crippen LogP contribution in [0, 0.1) is 5.41 Å². The first-order valence-electron chi connectivity index (χ1n) is 6.14. The van der Waals surface area contributed by atoms with Gasteiger partial charge in [0.05, 0.1) is 0 Å². The van der Waals surface area contributed by atoms with Gasteiger partial charge in [0.2, 0.25) is 0 Å². The molecule has 0 bridgehead atoms. The quantitative estimate of drug-likeness (QED) is 0.558. The molecule has 0 radical (unpaired) electrons. The van der Waals surface area contributed by atoms with Crippen molar-refractivity contribution in [3.05, 3.63) is 0 Å². The molecule has 0 aromatic carbocycles. The number of unbranched alkanes of at least 4 members (excludes halogenated alkanes) is 2. The zero-order valence-electron chi connectivity index (χ0n) is 10.8. The van der Waals surface area contributed by atoms with Gasteiger partial charge in [-0.25, -0.2) is 4.79 Å². The number of hydrogen-bond acceptors (Lipinski definition) is 2. The molecule has 0 atom stereocenters. The first kappa shape index (κ1) is 15.2. The molecule has 0 spiro atoms. The molecule has 0 aliphatic rings. The third-order valence-corrected chi connectivity index (χ3v) is 2.58. The molecule has 3 N–H and O–H groups in total. The summed E-state index contributed by atoms with van der Waals surface area (Å²) in [5.41, 5.74) is -0.0461. The first-order valence-corrected chi connectivity index (χ1v) is 6.14. The highest BCUT2D eigenvalue weighted by molar-refractivity contribution is 5.73. The van der Waals surface area contributed by atoms with Gasteiger partial charge in [0.15, 0.2) is 0 Å². The lowest BCUT2D eigenvalue weighted by Gasteiger charge is -2.23. The van der Waals surface area contributed by atoms with Crippen LogP contribution in [-0.2, 0) is 0 Å². The van der Waals surface area contributed by atoms with E-state index in [0.29, 0.717) is 13.0 Å². The molecule has 2 amide bonds. The van der Waals surface area contributed by atoms with Gasteiger partial charge in [-0.1, -0.05) is 33.6 Å². The minimum Gasteiger partial charge on any atom is -0.396 e. The van der Waals surface area contributed by atoms with E-state index in [1.165, 1.54) is 0 Å². The van der Waals surface area contributed by atoms with Gasteiger partial charge in [-0.2, -0.15) is 0 Å². The first-order chi connectivity index (χ1) is 7.52. The lowest BCUT2D eigenvalue weighted by molar-refractivity contribution is 0.201. The minimum absolute atomic E-state index is 0.0461. The fourth-order valence-electron chi connectivity index (χ4n) is 1.35. The van der Waals surface area contributed by atoms with Crippen LogP contribution in [0.15, 0.2) is 0 Å². The number of urea groups is 1. The molecule has 0 rings (SSSR count). The molecule has 0 unspecified atom stereocenters. The van der Waals surface area contributed by atoms with Crippen LogP contribution in [0.1, 0.15) is 46.5 Å². The summed E-state index contributed by atoms with van der Waals surface area (Å²) in [6, 6.07) is -0.109. The molecule has 96 valence electrons. The van der Waals surface area contributed by atoms with Gasteiger partial charge in [-0.15, -0.1) is 0 Å². The largest absolute Gasteiger partial charge is 0.396 e. The van der Waals surface area contributed by atoms with E-state index in [0.717, 1.165) is 25.8 Å². The number of hydrogen-bond donors (Lipinski definition) is 3. The second-order valence-electron chi connectivity index (χ2n) is 4.95. The Morgan fingerprint density at radius 2 is 1.94 bits per heavy atom. The summed E-state index contributed by atoms with van der Waals surface area (Å²) in [7, 11) is 0. The van der Waals surface area contributed by atoms with Crippen LogP contribution in [0.3, 0.4) is 0 Å². The van der Waals surface area contributed by atoms with Crippen LogP contribution in [0.25, 0.3) is 0 Å². The Kier molecular flexibility index (Phi) is 7.99. The molecule has 4 heteroatoms. The Bertz CT molecular complexity index is 193. The summed E-state index contributed by atoms with van der Waals surface area (Å²) in [5, 5.41) is 14.5. The van der Waals surface area contributed by atoms with Crippen LogP contribution in [-0.4, -0.2) is 30.8 Å². The van der Waals surface area contributed by atoms with Crippen molar-refractivity contribution in [2.75, 3.05) is 19.7 Å². The number of nitrogens with one attached hydrogen (secondary N) is 2. The zero-order valence-corrected chi connectivity index (χ0v) is 10.8. The second-order valence-corrected chi connectivity index (χ2v) is 4.95. The predicted molar refractivity (Wildman–Crippen MR) is 66.4 cm³/mol. The summed E-state index contributed by atoms with van der Waals surface area (Å²) in [6.45, 7) is 7.68. The van der Waals surface area contributed by atoms with E-state index in [-0.39, 0.29) is 18.1 Å². The van der Waals surface area contributed by atoms with Gasteiger partial charge < -0.3 is 15.7 Å². The maximum atomic E-state index is 11.4. The molecule has 0 aromatic heterocycles. The Labute approximate surface area is 98.8 Å². The highest BCUT2D eigenvalue weighted by Crippen LogP contribution is 2.17. The van der Waals surface area contributed by atoms with Gasteiger partial charge in [0, 0.05) is 19.7 Å². The van der Waals surface area contributed by atoms with Gasteiger partial charge >= 0.3 is 6.03 Å². The highest BCUT2D eigenvalue weighted by Gasteiger charge is 2.17. The molecule has 0 aliphatic heterocycles. The molecule has 0 aliphatic carbocycles. The molecule has 0 aromatic rings. The summed E-state index contributed by atoms with van der Waals surface area (Å²) >= 11 is 0. The van der Waals surface area contributed by atoms with E-state index in [1.807, 2.05) is 13.8 Å². The number of amides is 2. The van der Waals surface area contributed by atoms with E-state index in [1.54, 1.807) is 0 Å². The Hall–Kier alpha value is -0.770. The van der Waals surface area contributed by atoms with Crippen LogP contribution in [0.4, 0.5) is 4.79 Å². The van der Waals surface area contributed by atoms with Crippen molar-refractivity contribution in [3.63, 3.8) is 0 Å². The fourth-order valence-corrected chi connectivity index (χ4v) is 1.35. The maximum Gasteiger partial charge on any atom is 0.314 e. The highest BCUT2D eigenvalue weighted by atomic mass is 16.3. The minimum atomic E-state index is -0.109. The van der Waals surface area contributed by atoms with Crippen LogP contribution < -0.4 is 10.6 Å². The van der Waals surface area contributed by atoms with Gasteiger partial charge in [-0.3, -0.25) is 0 Å². The summed E-state index contributed by atoms with van der Waals surface area (Å²) in [6.07, 6.45) is 4.04. The van der Waals surface area contributed by atoms with E-state index < -0.39 is 0 Å². The monoisotopic (exact) mass is 230 g/mol. The molecule has 0 saturated heterocycles. The van der Waals surface area contributed by atoms with Crippen molar-refractivity contribution in [2.24, 2.45) is 5.41 Å². The SMILES string of the molecule is CCCCCNC(=O)NCC(C)(C)CCO. The molecule has 4 nitrogen and oxygen atoms in total. The lowest BCUT2D eigenvalue weighted by atomic mass is 9.90. The van der Waals surface area contributed by atoms with Crippen LogP contribution in [0.2, 0.25) is 0 Å². The van der Waals surface area contributed by atoms with Crippen molar-refractivity contribution >= 4 is 6.03 Å². The molecular weight excluding hydrogens is 204 g/mol. The lowest BCUT2D eigenvalue weighted by Crippen LogP contribution is -2.41. The zero-order chi connectivity index (χ0) is 12.4. The Balaban J connectivity index is 3.56. The number of rotatable bonds is 8. The fraction of sp³-hybridized carbons (Fsp3) is 0.917. The second kappa shape index (κ2) is 8.39. The molecule has 0 fully saturated rings. The van der Waals surface area contributed by atoms with E-state index in [9.17, 15) is 4.79 Å². The molecule has 0 saturated carbocycles. The number of aliphatic hydroxyl groups excluding tert-OH is 1. The van der Waals surface area contributed by atoms with Crippen molar-refractivity contribution in [3.8, 4) is 0 Å². The molecule has 16 heavy (non-hydrogen) atoms. The Morgan fingerprint density at radius 3 is 2.50 bits per heavy atom. The van der Waals surface area contributed by atoms with E-state index in [2.05, 4.69) is 17.6 Å². The number of carbonyl (C=O) groups excluding carboxylic acids is 1. The van der Waals surface area contributed by atoms with Crippen molar-refractivity contribution in [2.45, 2.75) is 46.5 Å². The van der Waals surface area contributed by atoms with Crippen molar-refractivity contribution in [1.29, 1.82) is 0 Å². The normalized spacial score (nSPS) is 11.2. The smallest absolute Gasteiger partial charge is 0.314 e. The Morgan fingerprint density at radius 1 is 1.25 bits per heavy atom. The van der Waals surface area contributed by atoms with Gasteiger partial charge in [0.1, 0.15) is 0 Å². The van der Waals surface area contributed by atoms with Crippen LogP contribution in [0.5, 0.6) is 0 Å². The summed E-state index contributed by atoms with van der Waals surface area (Å²) < 4.78 is 0. The summed E-state index contributed by atoms with van der Waals surface area (Å²) in [4.78, 5) is 11.4. The average molecular weight is 230 g/mol. The third-order valence-electron chi connectivity index (χ3n) is 2.58. The number of aliphatic hydroxyl groups is 1. The van der Waals surface area contributed by atoms with Gasteiger partial charge in [-0.05, 0) is 18.3 Å². The third kappa shape index (κ3) is 8.53. The van der Waals surface area contributed by atoms with E-state index >= 15 is 0 Å². The molecule has 0 heterocycles. The van der Waals surface area contributed by atoms with Crippen molar-refractivity contribution in [1.82, 2.24) is 10.6 Å². The average Bonchev–Trinajstić information content (AvgIpc) is 2.22. The standard InChI is InChI=1S/C12H26N2O2/c1-4-5-6-8-13-11(16)14-10-12(2,3)7-9-15/h15H,4-10H2,1-3H3,(H2,13,14,16). The molecular formula is C12H26N2O2. The van der Waals surface area contributed by atoms with E-state index in [4.69, 9.17) is 5.11 Å². The predicted octanol–water partition coefficient (Wildman–Crippen LogP) is 1.88. The van der Waals surface area contributed by atoms with Gasteiger partial charge in [0.25, 0.3) is 0 Å². The number of carbonyl (C=O) groups is 1. The van der Waals surface area contributed by atoms with Crippen LogP contribution >= 0.6 is 0 Å².